The molecule has 0 aliphatic carbocycles. The molecular formula is C12H22O. The molecule has 0 bridgehead atoms. The molecule has 0 aromatic carbocycles. The molecule has 0 spiro atoms. The first-order valence-electron chi connectivity index (χ1n) is 5.06. The van der Waals surface area contributed by atoms with Crippen molar-refractivity contribution >= 4 is 5.78 Å². The van der Waals surface area contributed by atoms with Crippen molar-refractivity contribution in [3.63, 3.8) is 0 Å². The summed E-state index contributed by atoms with van der Waals surface area (Å²) in [6.45, 7) is 10.2. The molecule has 0 heterocycles. The molecule has 0 saturated heterocycles. The molecule has 1 atom stereocenters. The van der Waals surface area contributed by atoms with Gasteiger partial charge < -0.3 is 0 Å². The second kappa shape index (κ2) is 5.21. The zero-order valence-electron chi connectivity index (χ0n) is 9.55. The van der Waals surface area contributed by atoms with E-state index in [1.807, 2.05) is 0 Å². The van der Waals surface area contributed by atoms with Crippen LogP contribution in [0, 0.1) is 11.3 Å². The molecule has 1 nitrogen and oxygen atoms in total. The third-order valence-corrected chi connectivity index (χ3v) is 1.95. The van der Waals surface area contributed by atoms with Crippen molar-refractivity contribution < 1.29 is 4.79 Å². The highest BCUT2D eigenvalue weighted by Gasteiger charge is 2.11. The van der Waals surface area contributed by atoms with Crippen LogP contribution in [0.4, 0.5) is 0 Å². The standard InChI is InChI=1S/C12H22O/c1-6-7-11(10(2)13)8-9-12(3,4)5/h8-9,11H,6-7H2,1-5H3/b9-8+. The largest absolute Gasteiger partial charge is 0.299 e. The number of carbonyl (C=O) groups is 1. The Morgan fingerprint density at radius 3 is 2.23 bits per heavy atom. The summed E-state index contributed by atoms with van der Waals surface area (Å²) in [6.07, 6.45) is 6.24. The molecule has 1 heteroatoms. The van der Waals surface area contributed by atoms with Crippen LogP contribution >= 0.6 is 0 Å². The first-order chi connectivity index (χ1) is 5.87. The van der Waals surface area contributed by atoms with Crippen molar-refractivity contribution in [3.05, 3.63) is 12.2 Å². The zero-order chi connectivity index (χ0) is 10.5. The third-order valence-electron chi connectivity index (χ3n) is 1.95. The fourth-order valence-corrected chi connectivity index (χ4v) is 1.15. The topological polar surface area (TPSA) is 17.1 Å². The van der Waals surface area contributed by atoms with Crippen LogP contribution in [0.15, 0.2) is 12.2 Å². The second-order valence-corrected chi connectivity index (χ2v) is 4.73. The van der Waals surface area contributed by atoms with Crippen molar-refractivity contribution in [2.45, 2.75) is 47.5 Å². The molecule has 0 aliphatic rings. The minimum atomic E-state index is 0.129. The van der Waals surface area contributed by atoms with Crippen LogP contribution in [0.5, 0.6) is 0 Å². The van der Waals surface area contributed by atoms with Crippen LogP contribution in [-0.2, 0) is 4.79 Å². The Bertz CT molecular complexity index is 184. The lowest BCUT2D eigenvalue weighted by molar-refractivity contribution is -0.119. The summed E-state index contributed by atoms with van der Waals surface area (Å²) in [5, 5.41) is 0. The van der Waals surface area contributed by atoms with Crippen molar-refractivity contribution in [1.82, 2.24) is 0 Å². The first kappa shape index (κ1) is 12.4. The molecule has 0 amide bonds. The van der Waals surface area contributed by atoms with Crippen molar-refractivity contribution in [2.75, 3.05) is 0 Å². The third kappa shape index (κ3) is 6.56. The minimum absolute atomic E-state index is 0.129. The summed E-state index contributed by atoms with van der Waals surface area (Å²) in [4.78, 5) is 11.2. The van der Waals surface area contributed by atoms with Crippen molar-refractivity contribution in [1.29, 1.82) is 0 Å². The first-order valence-corrected chi connectivity index (χ1v) is 5.06. The highest BCUT2D eigenvalue weighted by atomic mass is 16.1. The van der Waals surface area contributed by atoms with Gasteiger partial charge in [-0.15, -0.1) is 0 Å². The van der Waals surface area contributed by atoms with E-state index in [4.69, 9.17) is 0 Å². The maximum absolute atomic E-state index is 11.2. The van der Waals surface area contributed by atoms with Crippen molar-refractivity contribution in [3.8, 4) is 0 Å². The Labute approximate surface area is 82.2 Å². The van der Waals surface area contributed by atoms with Gasteiger partial charge in [-0.05, 0) is 18.8 Å². The van der Waals surface area contributed by atoms with Crippen LogP contribution in [0.2, 0.25) is 0 Å². The molecule has 0 aromatic rings. The van der Waals surface area contributed by atoms with Gasteiger partial charge in [-0.2, -0.15) is 0 Å². The number of hydrogen-bond acceptors (Lipinski definition) is 1. The maximum Gasteiger partial charge on any atom is 0.136 e. The van der Waals surface area contributed by atoms with E-state index in [1.54, 1.807) is 6.92 Å². The number of allylic oxidation sites excluding steroid dienone is 2. The van der Waals surface area contributed by atoms with E-state index in [2.05, 4.69) is 39.8 Å². The van der Waals surface area contributed by atoms with Gasteiger partial charge in [-0.3, -0.25) is 4.79 Å². The minimum Gasteiger partial charge on any atom is -0.299 e. The van der Waals surface area contributed by atoms with Crippen LogP contribution in [-0.4, -0.2) is 5.78 Å². The van der Waals surface area contributed by atoms with E-state index in [1.165, 1.54) is 0 Å². The van der Waals surface area contributed by atoms with Crippen molar-refractivity contribution in [2.24, 2.45) is 11.3 Å². The number of rotatable bonds is 4. The predicted molar refractivity (Wildman–Crippen MR) is 57.7 cm³/mol. The Morgan fingerprint density at radius 2 is 1.92 bits per heavy atom. The van der Waals surface area contributed by atoms with E-state index in [0.29, 0.717) is 0 Å². The molecule has 0 aliphatic heterocycles. The summed E-state index contributed by atoms with van der Waals surface area (Å²) in [5.41, 5.74) is 0.182. The van der Waals surface area contributed by atoms with E-state index in [0.717, 1.165) is 12.8 Å². The molecule has 76 valence electrons. The zero-order valence-corrected chi connectivity index (χ0v) is 9.55. The quantitative estimate of drug-likeness (QED) is 0.607. The normalized spacial score (nSPS) is 14.8. The lowest BCUT2D eigenvalue weighted by Crippen LogP contribution is -2.09. The van der Waals surface area contributed by atoms with Gasteiger partial charge in [0.15, 0.2) is 0 Å². The van der Waals surface area contributed by atoms with Gasteiger partial charge in [0.25, 0.3) is 0 Å². The molecule has 13 heavy (non-hydrogen) atoms. The van der Waals surface area contributed by atoms with Crippen LogP contribution < -0.4 is 0 Å². The summed E-state index contributed by atoms with van der Waals surface area (Å²) >= 11 is 0. The highest BCUT2D eigenvalue weighted by molar-refractivity contribution is 5.79. The molecule has 1 unspecified atom stereocenters. The Balaban J connectivity index is 4.25. The van der Waals surface area contributed by atoms with Gasteiger partial charge in [0.05, 0.1) is 0 Å². The molecule has 0 radical (unpaired) electrons. The van der Waals surface area contributed by atoms with Gasteiger partial charge in [0.2, 0.25) is 0 Å². The summed E-state index contributed by atoms with van der Waals surface area (Å²) in [6, 6.07) is 0. The van der Waals surface area contributed by atoms with Gasteiger partial charge in [0.1, 0.15) is 5.78 Å². The van der Waals surface area contributed by atoms with E-state index in [9.17, 15) is 4.79 Å². The van der Waals surface area contributed by atoms with Crippen LogP contribution in [0.1, 0.15) is 47.5 Å². The fourth-order valence-electron chi connectivity index (χ4n) is 1.15. The van der Waals surface area contributed by atoms with E-state index >= 15 is 0 Å². The Kier molecular flexibility index (Phi) is 4.97. The number of ketones is 1. The Morgan fingerprint density at radius 1 is 1.38 bits per heavy atom. The molecule has 0 saturated carbocycles. The lowest BCUT2D eigenvalue weighted by atomic mass is 9.91. The Hall–Kier alpha value is -0.590. The number of hydrogen-bond donors (Lipinski definition) is 0. The number of carbonyl (C=O) groups excluding carboxylic acids is 1. The average molecular weight is 182 g/mol. The van der Waals surface area contributed by atoms with Crippen LogP contribution in [0.3, 0.4) is 0 Å². The summed E-state index contributed by atoms with van der Waals surface area (Å²) < 4.78 is 0. The summed E-state index contributed by atoms with van der Waals surface area (Å²) in [7, 11) is 0. The highest BCUT2D eigenvalue weighted by Crippen LogP contribution is 2.18. The molecule has 0 rings (SSSR count). The molecular weight excluding hydrogens is 160 g/mol. The lowest BCUT2D eigenvalue weighted by Gasteiger charge is -2.14. The van der Waals surface area contributed by atoms with Gasteiger partial charge in [-0.25, -0.2) is 0 Å². The average Bonchev–Trinajstić information content (AvgIpc) is 1.95. The maximum atomic E-state index is 11.2. The number of Topliss-reactive ketones (excluding diaryl/α,β-unsaturated/α-hetero) is 1. The smallest absolute Gasteiger partial charge is 0.136 e. The predicted octanol–water partition coefficient (Wildman–Crippen LogP) is 3.59. The van der Waals surface area contributed by atoms with Gasteiger partial charge >= 0.3 is 0 Å². The molecule has 0 aromatic heterocycles. The van der Waals surface area contributed by atoms with Gasteiger partial charge in [-0.1, -0.05) is 46.3 Å². The summed E-state index contributed by atoms with van der Waals surface area (Å²) in [5.74, 6) is 0.409. The monoisotopic (exact) mass is 182 g/mol. The van der Waals surface area contributed by atoms with Gasteiger partial charge in [0, 0.05) is 5.92 Å². The van der Waals surface area contributed by atoms with Crippen LogP contribution in [0.25, 0.3) is 0 Å². The van der Waals surface area contributed by atoms with E-state index in [-0.39, 0.29) is 17.1 Å². The van der Waals surface area contributed by atoms with E-state index < -0.39 is 0 Å². The molecule has 0 N–H and O–H groups in total. The molecule has 0 fully saturated rings. The second-order valence-electron chi connectivity index (χ2n) is 4.73. The SMILES string of the molecule is CCCC(/C=C/C(C)(C)C)C(C)=O. The fraction of sp³-hybridized carbons (Fsp3) is 0.750.